The number of halogens is 1. The summed E-state index contributed by atoms with van der Waals surface area (Å²) >= 11 is 2.01. The van der Waals surface area contributed by atoms with Crippen LogP contribution in [-0.4, -0.2) is 104 Å². The largest absolute Gasteiger partial charge is 0.494 e. The van der Waals surface area contributed by atoms with Crippen molar-refractivity contribution < 1.29 is 48.7 Å². The first-order valence-electron chi connectivity index (χ1n) is 18.7. The molecule has 6 rings (SSSR count). The van der Waals surface area contributed by atoms with E-state index in [1.165, 1.54) is 36.1 Å². The van der Waals surface area contributed by atoms with Gasteiger partial charge in [0.15, 0.2) is 0 Å². The van der Waals surface area contributed by atoms with Gasteiger partial charge < -0.3 is 50.1 Å². The number of ether oxygens (including phenoxy) is 3. The smallest absolute Gasteiger partial charge is 0.404 e. The maximum absolute atomic E-state index is 13.7. The standard InChI is InChI=1S/C38H43IN12O10/c1-5-50-25(14-20(3)46-50)34(54)44-36-42-23-15-21(32(40)52)17-27(59-4)30(23)48(36)10-7-8-11-49-31-24(43-37(49)45-35(55)26-19-29(39)47-51(26)6-2)16-22(33(41)53)18-28(31)60-12-9-13-61-38(56,57)58/h7-8,14-19,56-58H,5-6,9-13H2,1-4H3,(H2,40,52)(H2,41,53)(H,42,44,54)(H,43,45,55)/b8-7+. The van der Waals surface area contributed by atoms with Crippen molar-refractivity contribution in [3.63, 3.8) is 0 Å². The van der Waals surface area contributed by atoms with Crippen LogP contribution in [0.4, 0.5) is 11.9 Å². The summed E-state index contributed by atoms with van der Waals surface area (Å²) in [7, 11) is 1.43. The molecule has 23 heteroatoms. The second-order valence-corrected chi connectivity index (χ2v) is 14.5. The normalized spacial score (nSPS) is 11.8. The first-order chi connectivity index (χ1) is 29.0. The van der Waals surface area contributed by atoms with Crippen LogP contribution in [0.25, 0.3) is 22.1 Å². The number of anilines is 2. The van der Waals surface area contributed by atoms with Crippen molar-refractivity contribution in [2.24, 2.45) is 11.5 Å². The number of aromatic nitrogens is 8. The van der Waals surface area contributed by atoms with Gasteiger partial charge >= 0.3 is 6.16 Å². The van der Waals surface area contributed by atoms with E-state index in [2.05, 4.69) is 35.5 Å². The Bertz CT molecular complexity index is 2670. The number of primary amides is 2. The molecule has 322 valence electrons. The quantitative estimate of drug-likeness (QED) is 0.0265. The lowest BCUT2D eigenvalue weighted by Crippen LogP contribution is -2.31. The Kier molecular flexibility index (Phi) is 13.4. The van der Waals surface area contributed by atoms with Gasteiger partial charge in [0.05, 0.1) is 37.1 Å². The van der Waals surface area contributed by atoms with Gasteiger partial charge in [0.1, 0.15) is 37.6 Å². The molecule has 4 heterocycles. The number of nitrogens with two attached hydrogens (primary N) is 2. The zero-order chi connectivity index (χ0) is 44.2. The van der Waals surface area contributed by atoms with E-state index in [1.807, 2.05) is 36.4 Å². The highest BCUT2D eigenvalue weighted by atomic mass is 127. The van der Waals surface area contributed by atoms with E-state index in [-0.39, 0.29) is 78.5 Å². The summed E-state index contributed by atoms with van der Waals surface area (Å²) in [5, 5.41) is 41.7. The number of fused-ring (bicyclic) bond motifs is 2. The van der Waals surface area contributed by atoms with Gasteiger partial charge in [-0.1, -0.05) is 12.2 Å². The van der Waals surface area contributed by atoms with Crippen LogP contribution in [0.2, 0.25) is 0 Å². The van der Waals surface area contributed by atoms with Crippen molar-refractivity contribution >= 4 is 80.2 Å². The van der Waals surface area contributed by atoms with Crippen LogP contribution in [0.5, 0.6) is 11.5 Å². The van der Waals surface area contributed by atoms with Crippen LogP contribution >= 0.6 is 22.6 Å². The summed E-state index contributed by atoms with van der Waals surface area (Å²) in [5.41, 5.74) is 14.1. The lowest BCUT2D eigenvalue weighted by Gasteiger charge is -2.15. The predicted octanol–water partition coefficient (Wildman–Crippen LogP) is 2.07. The highest BCUT2D eigenvalue weighted by Gasteiger charge is 2.24. The van der Waals surface area contributed by atoms with Crippen molar-refractivity contribution in [3.8, 4) is 11.5 Å². The summed E-state index contributed by atoms with van der Waals surface area (Å²) in [6.07, 6.45) is 0.278. The molecule has 4 amide bonds. The summed E-state index contributed by atoms with van der Waals surface area (Å²) in [6, 6.07) is 9.11. The molecule has 0 spiro atoms. The number of nitrogens with zero attached hydrogens (tertiary/aromatic N) is 8. The number of amides is 4. The molecule has 2 aromatic carbocycles. The summed E-state index contributed by atoms with van der Waals surface area (Å²) in [5.74, 6) is -1.83. The lowest BCUT2D eigenvalue weighted by atomic mass is 10.1. The maximum Gasteiger partial charge on any atom is 0.404 e. The Morgan fingerprint density at radius 2 is 1.28 bits per heavy atom. The molecule has 22 nitrogen and oxygen atoms in total. The molecule has 0 aliphatic rings. The Morgan fingerprint density at radius 3 is 1.79 bits per heavy atom. The third-order valence-electron chi connectivity index (χ3n) is 9.15. The molecule has 0 saturated heterocycles. The van der Waals surface area contributed by atoms with Crippen LogP contribution in [0.15, 0.2) is 48.6 Å². The van der Waals surface area contributed by atoms with Gasteiger partial charge in [0.25, 0.3) is 11.8 Å². The number of carbonyl (C=O) groups is 4. The van der Waals surface area contributed by atoms with E-state index >= 15 is 0 Å². The summed E-state index contributed by atoms with van der Waals surface area (Å²) in [6.45, 7) is 6.11. The van der Waals surface area contributed by atoms with Gasteiger partial charge in [-0.2, -0.15) is 10.2 Å². The van der Waals surface area contributed by atoms with E-state index < -0.39 is 29.8 Å². The van der Waals surface area contributed by atoms with Crippen LogP contribution in [0.3, 0.4) is 0 Å². The molecular formula is C38H43IN12O10. The van der Waals surface area contributed by atoms with Crippen LogP contribution in [0, 0.1) is 10.6 Å². The van der Waals surface area contributed by atoms with Crippen molar-refractivity contribution in [3.05, 3.63) is 80.5 Å². The number of hydrogen-bond donors (Lipinski definition) is 7. The minimum absolute atomic E-state index is 0.0559. The van der Waals surface area contributed by atoms with Crippen molar-refractivity contribution in [1.29, 1.82) is 0 Å². The third kappa shape index (κ3) is 9.97. The predicted molar refractivity (Wildman–Crippen MR) is 227 cm³/mol. The van der Waals surface area contributed by atoms with Crippen LogP contribution in [0.1, 0.15) is 67.7 Å². The molecule has 0 radical (unpaired) electrons. The molecule has 0 saturated carbocycles. The second kappa shape index (κ2) is 18.5. The lowest BCUT2D eigenvalue weighted by molar-refractivity contribution is -0.454. The van der Waals surface area contributed by atoms with Crippen LogP contribution < -0.4 is 31.6 Å². The van der Waals surface area contributed by atoms with Crippen molar-refractivity contribution in [2.45, 2.75) is 59.5 Å². The Balaban J connectivity index is 1.40. The maximum atomic E-state index is 13.7. The first-order valence-corrected chi connectivity index (χ1v) is 19.8. The molecule has 0 aliphatic carbocycles. The fourth-order valence-electron chi connectivity index (χ4n) is 6.48. The Morgan fingerprint density at radius 1 is 0.770 bits per heavy atom. The molecule has 0 atom stereocenters. The minimum atomic E-state index is -3.33. The van der Waals surface area contributed by atoms with Gasteiger partial charge in [-0.3, -0.25) is 39.2 Å². The highest BCUT2D eigenvalue weighted by Crippen LogP contribution is 2.33. The number of imidazole rings is 2. The number of allylic oxidation sites excluding steroid dienone is 2. The topological polar surface area (TPSA) is 304 Å². The highest BCUT2D eigenvalue weighted by molar-refractivity contribution is 14.1. The molecule has 0 aliphatic heterocycles. The first kappa shape index (κ1) is 44.2. The summed E-state index contributed by atoms with van der Waals surface area (Å²) < 4.78 is 23.2. The fourth-order valence-corrected chi connectivity index (χ4v) is 7.03. The fraction of sp³-hybridized carbons (Fsp3) is 0.316. The molecule has 4 aromatic heterocycles. The number of nitrogens with one attached hydrogen (secondary N) is 2. The molecule has 0 unspecified atom stereocenters. The molecule has 61 heavy (non-hydrogen) atoms. The Hall–Kier alpha value is -6.41. The number of hydrogen-bond acceptors (Lipinski definition) is 14. The molecular weight excluding hydrogens is 911 g/mol. The zero-order valence-corrected chi connectivity index (χ0v) is 35.5. The van der Waals surface area contributed by atoms with Gasteiger partial charge in [-0.15, -0.1) is 0 Å². The van der Waals surface area contributed by atoms with E-state index in [0.29, 0.717) is 44.7 Å². The molecule has 0 bridgehead atoms. The number of aliphatic hydroxyl groups is 3. The second-order valence-electron chi connectivity index (χ2n) is 13.4. The average Bonchev–Trinajstić information content (AvgIpc) is 3.97. The average molecular weight is 955 g/mol. The van der Waals surface area contributed by atoms with Gasteiger partial charge in [-0.25, -0.2) is 9.97 Å². The van der Waals surface area contributed by atoms with E-state index in [4.69, 9.17) is 36.3 Å². The van der Waals surface area contributed by atoms with Gasteiger partial charge in [0.2, 0.25) is 23.7 Å². The number of aryl methyl sites for hydroxylation is 3. The minimum Gasteiger partial charge on any atom is -0.494 e. The third-order valence-corrected chi connectivity index (χ3v) is 9.68. The zero-order valence-electron chi connectivity index (χ0n) is 33.4. The SMILES string of the molecule is CCn1nc(C)cc1C(=O)Nc1nc2cc(C(N)=O)cc(OC)c2n1C/C=C/Cn1c(NC(=O)c2cc(I)nn2CC)nc2cc(C(N)=O)cc(OCCCOC(O)(O)O)c21. The number of methoxy groups -OCH3 is 1. The number of rotatable bonds is 19. The van der Waals surface area contributed by atoms with Crippen LogP contribution in [-0.2, 0) is 30.9 Å². The van der Waals surface area contributed by atoms with E-state index in [9.17, 15) is 19.2 Å². The monoisotopic (exact) mass is 954 g/mol. The number of carbonyl (C=O) groups excluding carboxylic acids is 4. The number of benzene rings is 2. The van der Waals surface area contributed by atoms with Gasteiger partial charge in [0, 0.05) is 49.8 Å². The van der Waals surface area contributed by atoms with Gasteiger partial charge in [-0.05, 0) is 73.7 Å². The molecule has 6 aromatic rings. The van der Waals surface area contributed by atoms with E-state index in [0.717, 1.165) is 0 Å². The van der Waals surface area contributed by atoms with Crippen molar-refractivity contribution in [2.75, 3.05) is 31.0 Å². The summed E-state index contributed by atoms with van der Waals surface area (Å²) in [4.78, 5) is 61.2. The van der Waals surface area contributed by atoms with Crippen molar-refractivity contribution in [1.82, 2.24) is 38.7 Å². The Labute approximate surface area is 360 Å². The van der Waals surface area contributed by atoms with E-state index in [1.54, 1.807) is 45.0 Å². The molecule has 9 N–H and O–H groups in total. The molecule has 0 fully saturated rings.